The number of hydrogen-bond acceptors (Lipinski definition) is 2. The number of Topliss-reactive ketones (excluding diaryl/α,β-unsaturated/α-hetero) is 1. The number of fused-ring (bicyclic) bond motifs is 1. The molecule has 0 spiro atoms. The summed E-state index contributed by atoms with van der Waals surface area (Å²) in [7, 11) is 0. The van der Waals surface area contributed by atoms with Crippen LogP contribution in [0.5, 0.6) is 0 Å². The van der Waals surface area contributed by atoms with E-state index >= 15 is 0 Å². The molecule has 1 aliphatic heterocycles. The topological polar surface area (TPSA) is 46.2 Å². The minimum Gasteiger partial charge on any atom is -0.321 e. The van der Waals surface area contributed by atoms with Gasteiger partial charge in [0.1, 0.15) is 11.6 Å². The van der Waals surface area contributed by atoms with Gasteiger partial charge in [0, 0.05) is 17.5 Å². The van der Waals surface area contributed by atoms with Gasteiger partial charge in [0.15, 0.2) is 0 Å². The van der Waals surface area contributed by atoms with Crippen molar-refractivity contribution >= 4 is 35.1 Å². The zero-order chi connectivity index (χ0) is 22.0. The van der Waals surface area contributed by atoms with E-state index in [4.69, 9.17) is 11.6 Å². The Hall–Kier alpha value is -3.75. The molecule has 4 rings (SSSR count). The maximum absolute atomic E-state index is 13.4. The van der Waals surface area contributed by atoms with E-state index < -0.39 is 17.5 Å². The van der Waals surface area contributed by atoms with Crippen molar-refractivity contribution in [2.24, 2.45) is 0 Å². The molecule has 3 aromatic rings. The SMILES string of the molecule is O=C1Nc2ccc(C#CCc3ccc(F)cc3)cc2C(=O)/C1=C/c1ccc(F)c(Cl)c1. The van der Waals surface area contributed by atoms with Gasteiger partial charge in [0.25, 0.3) is 5.91 Å². The second kappa shape index (κ2) is 8.55. The Kier molecular flexibility index (Phi) is 5.66. The van der Waals surface area contributed by atoms with Gasteiger partial charge in [0.2, 0.25) is 5.78 Å². The van der Waals surface area contributed by atoms with Crippen molar-refractivity contribution in [3.8, 4) is 11.8 Å². The Bertz CT molecular complexity index is 1300. The average molecular weight is 434 g/mol. The van der Waals surface area contributed by atoms with Gasteiger partial charge >= 0.3 is 0 Å². The van der Waals surface area contributed by atoms with E-state index in [1.54, 1.807) is 30.3 Å². The number of benzene rings is 3. The van der Waals surface area contributed by atoms with Crippen LogP contribution in [0.1, 0.15) is 27.0 Å². The summed E-state index contributed by atoms with van der Waals surface area (Å²) in [5.74, 6) is 4.08. The molecule has 0 fully saturated rings. The lowest BCUT2D eigenvalue weighted by Gasteiger charge is -2.18. The van der Waals surface area contributed by atoms with Gasteiger partial charge in [0.05, 0.1) is 16.3 Å². The van der Waals surface area contributed by atoms with Crippen LogP contribution in [0.3, 0.4) is 0 Å². The summed E-state index contributed by atoms with van der Waals surface area (Å²) < 4.78 is 26.4. The standard InChI is InChI=1S/C25H14ClF2NO2/c26-21-14-17(6-10-22(21)28)13-20-24(30)19-12-16(7-11-23(19)29-25(20)31)3-1-2-15-4-8-18(27)9-5-15/h4-14H,2H2,(H,29,31)/b20-13-. The summed E-state index contributed by atoms with van der Waals surface area (Å²) in [5, 5.41) is 2.58. The monoisotopic (exact) mass is 433 g/mol. The zero-order valence-corrected chi connectivity index (χ0v) is 16.8. The molecular weight excluding hydrogens is 420 g/mol. The molecule has 0 radical (unpaired) electrons. The molecule has 3 aromatic carbocycles. The van der Waals surface area contributed by atoms with E-state index in [-0.39, 0.29) is 16.4 Å². The van der Waals surface area contributed by atoms with Crippen LogP contribution >= 0.6 is 11.6 Å². The van der Waals surface area contributed by atoms with Crippen LogP contribution in [0.25, 0.3) is 6.08 Å². The van der Waals surface area contributed by atoms with E-state index in [0.29, 0.717) is 28.8 Å². The van der Waals surface area contributed by atoms with Gasteiger partial charge in [-0.2, -0.15) is 0 Å². The lowest BCUT2D eigenvalue weighted by molar-refractivity contribution is -0.112. The molecule has 6 heteroatoms. The van der Waals surface area contributed by atoms with E-state index in [1.807, 2.05) is 0 Å². The third kappa shape index (κ3) is 4.55. The first-order valence-electron chi connectivity index (χ1n) is 9.31. The van der Waals surface area contributed by atoms with Crippen molar-refractivity contribution in [2.45, 2.75) is 6.42 Å². The molecule has 0 saturated carbocycles. The minimum absolute atomic E-state index is 0.0772. The number of hydrogen-bond donors (Lipinski definition) is 1. The number of carbonyl (C=O) groups is 2. The summed E-state index contributed by atoms with van der Waals surface area (Å²) in [5.41, 5.74) is 2.55. The molecular formula is C25H14ClF2NO2. The quantitative estimate of drug-likeness (QED) is 0.333. The normalized spacial score (nSPS) is 14.0. The van der Waals surface area contributed by atoms with Crippen molar-refractivity contribution in [2.75, 3.05) is 5.32 Å². The van der Waals surface area contributed by atoms with Crippen LogP contribution in [0.4, 0.5) is 14.5 Å². The highest BCUT2D eigenvalue weighted by molar-refractivity contribution is 6.36. The smallest absolute Gasteiger partial charge is 0.259 e. The van der Waals surface area contributed by atoms with E-state index in [9.17, 15) is 18.4 Å². The van der Waals surface area contributed by atoms with Crippen LogP contribution in [0.15, 0.2) is 66.2 Å². The number of nitrogens with one attached hydrogen (secondary N) is 1. The molecule has 152 valence electrons. The van der Waals surface area contributed by atoms with Gasteiger partial charge < -0.3 is 5.32 Å². The molecule has 0 aromatic heterocycles. The van der Waals surface area contributed by atoms with Gasteiger partial charge in [-0.05, 0) is 59.7 Å². The molecule has 1 heterocycles. The first-order valence-corrected chi connectivity index (χ1v) is 9.69. The van der Waals surface area contributed by atoms with Crippen molar-refractivity contribution in [3.63, 3.8) is 0 Å². The maximum atomic E-state index is 13.4. The van der Waals surface area contributed by atoms with Crippen molar-refractivity contribution in [3.05, 3.63) is 105 Å². The molecule has 31 heavy (non-hydrogen) atoms. The number of ketones is 1. The number of carbonyl (C=O) groups excluding carboxylic acids is 2. The lowest BCUT2D eigenvalue weighted by atomic mass is 9.93. The first kappa shape index (κ1) is 20.5. The Morgan fingerprint density at radius 3 is 2.48 bits per heavy atom. The molecule has 0 atom stereocenters. The van der Waals surface area contributed by atoms with E-state index in [0.717, 1.165) is 5.56 Å². The fourth-order valence-corrected chi connectivity index (χ4v) is 3.30. The number of halogens is 3. The maximum Gasteiger partial charge on any atom is 0.259 e. The summed E-state index contributed by atoms with van der Waals surface area (Å²) in [6, 6.07) is 15.0. The van der Waals surface area contributed by atoms with Gasteiger partial charge in [-0.25, -0.2) is 8.78 Å². The summed E-state index contributed by atoms with van der Waals surface area (Å²) in [6.45, 7) is 0. The van der Waals surface area contributed by atoms with Gasteiger partial charge in [-0.15, -0.1) is 0 Å². The van der Waals surface area contributed by atoms with Crippen molar-refractivity contribution in [1.82, 2.24) is 0 Å². The highest BCUT2D eigenvalue weighted by Crippen LogP contribution is 2.28. The lowest BCUT2D eigenvalue weighted by Crippen LogP contribution is -2.27. The molecule has 3 nitrogen and oxygen atoms in total. The fraction of sp³-hybridized carbons (Fsp3) is 0.0400. The van der Waals surface area contributed by atoms with Crippen molar-refractivity contribution in [1.29, 1.82) is 0 Å². The molecule has 1 N–H and O–H groups in total. The van der Waals surface area contributed by atoms with Crippen LogP contribution < -0.4 is 5.32 Å². The van der Waals surface area contributed by atoms with E-state index in [2.05, 4.69) is 17.2 Å². The van der Waals surface area contributed by atoms with Crippen LogP contribution in [-0.2, 0) is 11.2 Å². The Balaban J connectivity index is 1.60. The molecule has 1 amide bonds. The molecule has 0 bridgehead atoms. The molecule has 0 saturated heterocycles. The minimum atomic E-state index is -0.586. The second-order valence-corrected chi connectivity index (χ2v) is 7.29. The highest BCUT2D eigenvalue weighted by Gasteiger charge is 2.28. The van der Waals surface area contributed by atoms with Crippen LogP contribution in [0, 0.1) is 23.5 Å². The largest absolute Gasteiger partial charge is 0.321 e. The van der Waals surface area contributed by atoms with Crippen molar-refractivity contribution < 1.29 is 18.4 Å². The summed E-state index contributed by atoms with van der Waals surface area (Å²) >= 11 is 5.78. The first-order chi connectivity index (χ1) is 14.9. The third-order valence-corrected chi connectivity index (χ3v) is 4.98. The summed E-state index contributed by atoms with van der Waals surface area (Å²) in [6.07, 6.45) is 1.80. The Morgan fingerprint density at radius 1 is 0.968 bits per heavy atom. The Morgan fingerprint density at radius 2 is 1.74 bits per heavy atom. The van der Waals surface area contributed by atoms with Crippen LogP contribution in [-0.4, -0.2) is 11.7 Å². The predicted octanol–water partition coefficient (Wildman–Crippen LogP) is 5.43. The third-order valence-electron chi connectivity index (χ3n) is 4.69. The highest BCUT2D eigenvalue weighted by atomic mass is 35.5. The summed E-state index contributed by atoms with van der Waals surface area (Å²) in [4.78, 5) is 25.3. The van der Waals surface area contributed by atoms with Crippen LogP contribution in [0.2, 0.25) is 5.02 Å². The number of rotatable bonds is 2. The predicted molar refractivity (Wildman–Crippen MR) is 116 cm³/mol. The number of amides is 1. The van der Waals surface area contributed by atoms with E-state index in [1.165, 1.54) is 36.4 Å². The second-order valence-electron chi connectivity index (χ2n) is 6.88. The molecule has 0 unspecified atom stereocenters. The number of anilines is 1. The molecule has 1 aliphatic rings. The van der Waals surface area contributed by atoms with Gasteiger partial charge in [-0.1, -0.05) is 41.6 Å². The zero-order valence-electron chi connectivity index (χ0n) is 16.0. The average Bonchev–Trinajstić information content (AvgIpc) is 2.75. The molecule has 0 aliphatic carbocycles. The Labute approximate surface area is 182 Å². The van der Waals surface area contributed by atoms with Gasteiger partial charge in [-0.3, -0.25) is 9.59 Å². The fourth-order valence-electron chi connectivity index (χ4n) is 3.11.